The van der Waals surface area contributed by atoms with Crippen LogP contribution in [0.15, 0.2) is 65.6 Å². The molecule has 0 atom stereocenters. The molecule has 1 heterocycles. The molecule has 0 saturated heterocycles. The van der Waals surface area contributed by atoms with Gasteiger partial charge in [-0.05, 0) is 34.9 Å². The van der Waals surface area contributed by atoms with E-state index >= 15 is 4.39 Å². The molecular weight excluding hydrogens is 417 g/mol. The molecule has 7 heteroatoms. The second-order valence-electron chi connectivity index (χ2n) is 7.69. The van der Waals surface area contributed by atoms with Crippen LogP contribution in [0.4, 0.5) is 4.39 Å². The van der Waals surface area contributed by atoms with Gasteiger partial charge in [0.1, 0.15) is 6.61 Å². The third-order valence-corrected chi connectivity index (χ3v) is 6.52. The Morgan fingerprint density at radius 3 is 2.19 bits per heavy atom. The van der Waals surface area contributed by atoms with Crippen molar-refractivity contribution in [2.75, 3.05) is 13.4 Å². The molecule has 4 rings (SSSR count). The average molecular weight is 442 g/mol. The van der Waals surface area contributed by atoms with Gasteiger partial charge in [0, 0.05) is 31.5 Å². The van der Waals surface area contributed by atoms with E-state index in [1.165, 1.54) is 30.4 Å². The fourth-order valence-corrected chi connectivity index (χ4v) is 4.39. The van der Waals surface area contributed by atoms with Crippen LogP contribution in [0.25, 0.3) is 0 Å². The van der Waals surface area contributed by atoms with Crippen LogP contribution in [-0.4, -0.2) is 26.7 Å². The number of hydrogen-bond acceptors (Lipinski definition) is 5. The molecule has 3 aromatic carbocycles. The number of sulfone groups is 1. The number of nitrogens with zero attached hydrogens (tertiary/aromatic N) is 1. The quantitative estimate of drug-likeness (QED) is 0.546. The van der Waals surface area contributed by atoms with E-state index in [4.69, 9.17) is 9.47 Å². The lowest BCUT2D eigenvalue weighted by Gasteiger charge is -2.18. The lowest BCUT2D eigenvalue weighted by atomic mass is 10.1. The summed E-state index contributed by atoms with van der Waals surface area (Å²) in [5.41, 5.74) is 3.87. The van der Waals surface area contributed by atoms with Crippen molar-refractivity contribution < 1.29 is 22.3 Å². The van der Waals surface area contributed by atoms with Gasteiger partial charge in [-0.1, -0.05) is 42.5 Å². The number of benzene rings is 3. The molecule has 0 N–H and O–H groups in total. The number of rotatable bonds is 7. The zero-order valence-electron chi connectivity index (χ0n) is 17.5. The van der Waals surface area contributed by atoms with E-state index in [0.29, 0.717) is 17.9 Å². The zero-order chi connectivity index (χ0) is 22.0. The first-order chi connectivity index (χ1) is 14.8. The van der Waals surface area contributed by atoms with E-state index in [-0.39, 0.29) is 17.3 Å². The molecule has 1 aliphatic rings. The summed E-state index contributed by atoms with van der Waals surface area (Å²) in [5.74, 6) is -0.0500. The second-order valence-corrected chi connectivity index (χ2v) is 9.70. The van der Waals surface area contributed by atoms with Gasteiger partial charge in [0.25, 0.3) is 0 Å². The predicted molar refractivity (Wildman–Crippen MR) is 116 cm³/mol. The monoisotopic (exact) mass is 441 g/mol. The van der Waals surface area contributed by atoms with Crippen molar-refractivity contribution in [3.8, 4) is 11.5 Å². The molecule has 0 radical (unpaired) electrons. The van der Waals surface area contributed by atoms with Crippen molar-refractivity contribution >= 4 is 9.84 Å². The Bertz CT molecular complexity index is 1170. The van der Waals surface area contributed by atoms with Crippen molar-refractivity contribution in [1.29, 1.82) is 0 Å². The van der Waals surface area contributed by atoms with Gasteiger partial charge >= 0.3 is 0 Å². The topological polar surface area (TPSA) is 55.8 Å². The lowest BCUT2D eigenvalue weighted by molar-refractivity contribution is 0.261. The van der Waals surface area contributed by atoms with Crippen molar-refractivity contribution in [1.82, 2.24) is 4.90 Å². The maximum absolute atomic E-state index is 15.1. The van der Waals surface area contributed by atoms with Gasteiger partial charge in [0.2, 0.25) is 0 Å². The first-order valence-electron chi connectivity index (χ1n) is 9.91. The van der Waals surface area contributed by atoms with Crippen molar-refractivity contribution in [2.45, 2.75) is 31.1 Å². The highest BCUT2D eigenvalue weighted by Gasteiger charge is 2.22. The summed E-state index contributed by atoms with van der Waals surface area (Å²) in [5, 5.41) is 0. The first-order valence-corrected chi connectivity index (χ1v) is 11.8. The Labute approximate surface area is 182 Å². The molecule has 1 aliphatic heterocycles. The number of halogens is 1. The molecule has 5 nitrogen and oxygen atoms in total. The minimum Gasteiger partial charge on any atom is -0.490 e. The summed E-state index contributed by atoms with van der Waals surface area (Å²) in [6.07, 6.45) is 1.16. The standard InChI is InChI=1S/C24H24FNO4S/c1-29-24-22(30-16-17-7-10-21(11-8-17)31(2,27)28)12-9-20(23(24)25)15-26-13-18-5-3-4-6-19(18)14-26/h3-12H,13-16H2,1-2H3. The maximum atomic E-state index is 15.1. The number of fused-ring (bicyclic) bond motifs is 1. The lowest BCUT2D eigenvalue weighted by Crippen LogP contribution is -2.17. The zero-order valence-corrected chi connectivity index (χ0v) is 18.3. The van der Waals surface area contributed by atoms with Gasteiger partial charge in [0.05, 0.1) is 12.0 Å². The van der Waals surface area contributed by atoms with Gasteiger partial charge in [0.15, 0.2) is 27.2 Å². The van der Waals surface area contributed by atoms with Crippen LogP contribution in [-0.2, 0) is 36.1 Å². The Hall–Kier alpha value is -2.90. The third kappa shape index (κ3) is 4.73. The SMILES string of the molecule is COc1c(OCc2ccc(S(C)(=O)=O)cc2)ccc(CN2Cc3ccccc3C2)c1F. The van der Waals surface area contributed by atoms with E-state index in [1.54, 1.807) is 24.3 Å². The summed E-state index contributed by atoms with van der Waals surface area (Å²) in [4.78, 5) is 2.43. The Kier molecular flexibility index (Phi) is 5.98. The highest BCUT2D eigenvalue weighted by Crippen LogP contribution is 2.34. The van der Waals surface area contributed by atoms with Crippen LogP contribution in [0.2, 0.25) is 0 Å². The van der Waals surface area contributed by atoms with E-state index in [2.05, 4.69) is 17.0 Å². The van der Waals surface area contributed by atoms with Crippen molar-refractivity contribution in [3.63, 3.8) is 0 Å². The van der Waals surface area contributed by atoms with Crippen molar-refractivity contribution in [2.24, 2.45) is 0 Å². The van der Waals surface area contributed by atoms with Gasteiger partial charge in [-0.3, -0.25) is 4.90 Å². The molecule has 0 amide bonds. The molecule has 0 spiro atoms. The number of ether oxygens (including phenoxy) is 2. The molecule has 3 aromatic rings. The smallest absolute Gasteiger partial charge is 0.197 e. The molecule has 31 heavy (non-hydrogen) atoms. The van der Waals surface area contributed by atoms with Crippen LogP contribution in [0.5, 0.6) is 11.5 Å². The molecule has 0 saturated carbocycles. The highest BCUT2D eigenvalue weighted by atomic mass is 32.2. The van der Waals surface area contributed by atoms with E-state index in [1.807, 2.05) is 12.1 Å². The predicted octanol–water partition coefficient (Wildman–Crippen LogP) is 4.33. The van der Waals surface area contributed by atoms with Crippen LogP contribution in [0.1, 0.15) is 22.3 Å². The minimum atomic E-state index is -3.25. The number of methoxy groups -OCH3 is 1. The first kappa shape index (κ1) is 21.3. The Morgan fingerprint density at radius 1 is 0.968 bits per heavy atom. The molecular formula is C24H24FNO4S. The van der Waals surface area contributed by atoms with E-state index in [9.17, 15) is 8.42 Å². The number of hydrogen-bond donors (Lipinski definition) is 0. The molecule has 0 aromatic heterocycles. The molecule has 162 valence electrons. The minimum absolute atomic E-state index is 0.0713. The summed E-state index contributed by atoms with van der Waals surface area (Å²) in [7, 11) is -1.83. The molecule has 0 unspecified atom stereocenters. The van der Waals surface area contributed by atoms with Crippen molar-refractivity contribution in [3.05, 3.63) is 88.7 Å². The van der Waals surface area contributed by atoms with Crippen LogP contribution < -0.4 is 9.47 Å². The van der Waals surface area contributed by atoms with Crippen LogP contribution >= 0.6 is 0 Å². The third-order valence-electron chi connectivity index (χ3n) is 5.39. The maximum Gasteiger partial charge on any atom is 0.197 e. The normalized spacial score (nSPS) is 13.8. The largest absolute Gasteiger partial charge is 0.490 e. The summed E-state index contributed by atoms with van der Waals surface area (Å²) in [6.45, 7) is 2.23. The highest BCUT2D eigenvalue weighted by molar-refractivity contribution is 7.90. The molecule has 0 aliphatic carbocycles. The summed E-state index contributed by atoms with van der Waals surface area (Å²) in [6, 6.07) is 18.1. The second kappa shape index (κ2) is 8.69. The van der Waals surface area contributed by atoms with Crippen LogP contribution in [0.3, 0.4) is 0 Å². The Balaban J connectivity index is 1.45. The van der Waals surface area contributed by atoms with E-state index in [0.717, 1.165) is 24.9 Å². The van der Waals surface area contributed by atoms with Gasteiger partial charge < -0.3 is 9.47 Å². The average Bonchev–Trinajstić information content (AvgIpc) is 3.16. The fourth-order valence-electron chi connectivity index (χ4n) is 3.76. The fraction of sp³-hybridized carbons (Fsp3) is 0.250. The van der Waals surface area contributed by atoms with E-state index < -0.39 is 15.7 Å². The Morgan fingerprint density at radius 2 is 1.61 bits per heavy atom. The summed E-state index contributed by atoms with van der Waals surface area (Å²) < 4.78 is 49.3. The molecule has 0 bridgehead atoms. The van der Waals surface area contributed by atoms with Gasteiger partial charge in [-0.15, -0.1) is 0 Å². The van der Waals surface area contributed by atoms with Gasteiger partial charge in [-0.2, -0.15) is 0 Å². The van der Waals surface area contributed by atoms with Crippen LogP contribution in [0, 0.1) is 5.82 Å². The van der Waals surface area contributed by atoms with Gasteiger partial charge in [-0.25, -0.2) is 12.8 Å². The summed E-state index contributed by atoms with van der Waals surface area (Å²) >= 11 is 0. The molecule has 0 fully saturated rings.